The zero-order chi connectivity index (χ0) is 17.7. The lowest BCUT2D eigenvalue weighted by atomic mass is 9.87. The number of carbonyl (C=O) groups excluding carboxylic acids is 1. The van der Waals surface area contributed by atoms with Gasteiger partial charge < -0.3 is 15.8 Å². The molecule has 1 saturated heterocycles. The number of nitrogens with one attached hydrogen (secondary N) is 1. The van der Waals surface area contributed by atoms with E-state index in [2.05, 4.69) is 10.2 Å². The Balaban J connectivity index is 0.00000312. The Bertz CT molecular complexity index is 564. The summed E-state index contributed by atoms with van der Waals surface area (Å²) in [7, 11) is 0. The van der Waals surface area contributed by atoms with E-state index in [1.165, 1.54) is 12.1 Å². The second-order valence-corrected chi connectivity index (χ2v) is 7.31. The SMILES string of the molecule is CC(C)(C)[C@H](N)C(=O)NCC(c1cccc(F)c1)N1CCOCC1.Cl.Cl. The van der Waals surface area contributed by atoms with Crippen molar-refractivity contribution in [1.29, 1.82) is 0 Å². The smallest absolute Gasteiger partial charge is 0.237 e. The molecule has 150 valence electrons. The molecular weight excluding hydrogens is 380 g/mol. The fourth-order valence-electron chi connectivity index (χ4n) is 2.76. The lowest BCUT2D eigenvalue weighted by Crippen LogP contribution is -2.51. The number of nitrogens with zero attached hydrogens (tertiary/aromatic N) is 1. The number of hydrogen-bond acceptors (Lipinski definition) is 4. The van der Waals surface area contributed by atoms with Crippen molar-refractivity contribution in [2.24, 2.45) is 11.1 Å². The van der Waals surface area contributed by atoms with Crippen LogP contribution in [-0.2, 0) is 9.53 Å². The lowest BCUT2D eigenvalue weighted by Gasteiger charge is -2.35. The predicted octanol–water partition coefficient (Wildman–Crippen LogP) is 2.53. The molecule has 2 atom stereocenters. The van der Waals surface area contributed by atoms with Crippen LogP contribution >= 0.6 is 24.8 Å². The molecule has 1 aromatic rings. The van der Waals surface area contributed by atoms with Crippen LogP contribution in [0.5, 0.6) is 0 Å². The molecule has 1 unspecified atom stereocenters. The third-order valence-electron chi connectivity index (χ3n) is 4.41. The molecule has 1 aliphatic heterocycles. The van der Waals surface area contributed by atoms with Gasteiger partial charge in [-0.15, -0.1) is 24.8 Å². The molecule has 0 spiro atoms. The Hall–Kier alpha value is -0.920. The number of halogens is 3. The summed E-state index contributed by atoms with van der Waals surface area (Å²) in [6.45, 7) is 8.98. The normalized spacial score (nSPS) is 17.4. The number of hydrogen-bond donors (Lipinski definition) is 2. The molecule has 2 rings (SSSR count). The van der Waals surface area contributed by atoms with Crippen molar-refractivity contribution in [3.8, 4) is 0 Å². The summed E-state index contributed by atoms with van der Waals surface area (Å²) in [4.78, 5) is 14.5. The van der Waals surface area contributed by atoms with Crippen molar-refractivity contribution in [3.63, 3.8) is 0 Å². The number of ether oxygens (including phenoxy) is 1. The molecule has 0 aliphatic carbocycles. The summed E-state index contributed by atoms with van der Waals surface area (Å²) in [5, 5.41) is 2.94. The molecule has 0 saturated carbocycles. The molecule has 1 aliphatic rings. The topological polar surface area (TPSA) is 67.6 Å². The third kappa shape index (κ3) is 7.00. The van der Waals surface area contributed by atoms with Crippen molar-refractivity contribution in [2.75, 3.05) is 32.8 Å². The van der Waals surface area contributed by atoms with E-state index < -0.39 is 6.04 Å². The van der Waals surface area contributed by atoms with Gasteiger partial charge in [0.25, 0.3) is 0 Å². The highest BCUT2D eigenvalue weighted by atomic mass is 35.5. The Kier molecular flexibility index (Phi) is 10.7. The molecule has 0 bridgehead atoms. The van der Waals surface area contributed by atoms with Crippen LogP contribution in [0.3, 0.4) is 0 Å². The average molecular weight is 410 g/mol. The molecule has 1 fully saturated rings. The third-order valence-corrected chi connectivity index (χ3v) is 4.41. The van der Waals surface area contributed by atoms with E-state index >= 15 is 0 Å². The second kappa shape index (κ2) is 11.0. The van der Waals surface area contributed by atoms with Crippen molar-refractivity contribution in [1.82, 2.24) is 10.2 Å². The molecule has 3 N–H and O–H groups in total. The number of rotatable bonds is 5. The van der Waals surface area contributed by atoms with Gasteiger partial charge in [0.1, 0.15) is 5.82 Å². The van der Waals surface area contributed by atoms with Crippen LogP contribution in [0.2, 0.25) is 0 Å². The summed E-state index contributed by atoms with van der Waals surface area (Å²) in [5.41, 5.74) is 6.56. The standard InChI is InChI=1S/C18H28FN3O2.2ClH/c1-18(2,3)16(20)17(23)21-12-15(22-7-9-24-10-8-22)13-5-4-6-14(19)11-13;;/h4-6,11,15-16H,7-10,12,20H2,1-3H3,(H,21,23);2*1H/t15?,16-;;/m1../s1. The zero-order valence-electron chi connectivity index (χ0n) is 15.5. The lowest BCUT2D eigenvalue weighted by molar-refractivity contribution is -0.124. The van der Waals surface area contributed by atoms with Gasteiger partial charge in [-0.25, -0.2) is 4.39 Å². The summed E-state index contributed by atoms with van der Waals surface area (Å²) >= 11 is 0. The first kappa shape index (κ1) is 25.1. The van der Waals surface area contributed by atoms with E-state index in [1.807, 2.05) is 26.8 Å². The van der Waals surface area contributed by atoms with Crippen LogP contribution in [-0.4, -0.2) is 49.7 Å². The Morgan fingerprint density at radius 3 is 2.46 bits per heavy atom. The fourth-order valence-corrected chi connectivity index (χ4v) is 2.76. The summed E-state index contributed by atoms with van der Waals surface area (Å²) < 4.78 is 19.0. The molecule has 1 heterocycles. The molecule has 26 heavy (non-hydrogen) atoms. The van der Waals surface area contributed by atoms with Gasteiger partial charge in [0.15, 0.2) is 0 Å². The highest BCUT2D eigenvalue weighted by Crippen LogP contribution is 2.23. The average Bonchev–Trinajstić information content (AvgIpc) is 2.54. The van der Waals surface area contributed by atoms with Gasteiger partial charge in [-0.05, 0) is 23.1 Å². The van der Waals surface area contributed by atoms with Gasteiger partial charge in [-0.2, -0.15) is 0 Å². The van der Waals surface area contributed by atoms with E-state index in [0.29, 0.717) is 19.8 Å². The van der Waals surface area contributed by atoms with Crippen LogP contribution < -0.4 is 11.1 Å². The summed E-state index contributed by atoms with van der Waals surface area (Å²) in [6, 6.07) is 5.85. The van der Waals surface area contributed by atoms with Crippen molar-refractivity contribution < 1.29 is 13.9 Å². The van der Waals surface area contributed by atoms with E-state index in [0.717, 1.165) is 18.7 Å². The maximum absolute atomic E-state index is 13.6. The first-order valence-corrected chi connectivity index (χ1v) is 8.39. The molecule has 8 heteroatoms. The van der Waals surface area contributed by atoms with E-state index in [1.54, 1.807) is 6.07 Å². The first-order chi connectivity index (χ1) is 11.3. The zero-order valence-corrected chi connectivity index (χ0v) is 17.2. The Morgan fingerprint density at radius 1 is 1.31 bits per heavy atom. The molecular formula is C18H30Cl2FN3O2. The van der Waals surface area contributed by atoms with Gasteiger partial charge in [-0.1, -0.05) is 32.9 Å². The summed E-state index contributed by atoms with van der Waals surface area (Å²) in [6.07, 6.45) is 0. The van der Waals surface area contributed by atoms with Gasteiger partial charge in [0.2, 0.25) is 5.91 Å². The predicted molar refractivity (Wildman–Crippen MR) is 106 cm³/mol. The number of benzene rings is 1. The highest BCUT2D eigenvalue weighted by Gasteiger charge is 2.29. The monoisotopic (exact) mass is 409 g/mol. The number of carbonyl (C=O) groups is 1. The van der Waals surface area contributed by atoms with Crippen molar-refractivity contribution in [3.05, 3.63) is 35.6 Å². The van der Waals surface area contributed by atoms with Gasteiger partial charge in [0.05, 0.1) is 25.3 Å². The molecule has 0 radical (unpaired) electrons. The fraction of sp³-hybridized carbons (Fsp3) is 0.611. The van der Waals surface area contributed by atoms with Crippen LogP contribution in [0.1, 0.15) is 32.4 Å². The highest BCUT2D eigenvalue weighted by molar-refractivity contribution is 5.85. The van der Waals surface area contributed by atoms with Crippen LogP contribution in [0.15, 0.2) is 24.3 Å². The first-order valence-electron chi connectivity index (χ1n) is 8.39. The molecule has 0 aromatic heterocycles. The summed E-state index contributed by atoms with van der Waals surface area (Å²) in [5.74, 6) is -0.458. The maximum Gasteiger partial charge on any atom is 0.237 e. The van der Waals surface area contributed by atoms with E-state index in [9.17, 15) is 9.18 Å². The minimum Gasteiger partial charge on any atom is -0.379 e. The number of nitrogens with two attached hydrogens (primary N) is 1. The second-order valence-electron chi connectivity index (χ2n) is 7.31. The Labute approximate surface area is 167 Å². The van der Waals surface area contributed by atoms with Gasteiger partial charge >= 0.3 is 0 Å². The minimum atomic E-state index is -0.588. The van der Waals surface area contributed by atoms with Gasteiger partial charge in [0, 0.05) is 19.6 Å². The largest absolute Gasteiger partial charge is 0.379 e. The van der Waals surface area contributed by atoms with E-state index in [-0.39, 0.29) is 48.0 Å². The number of morpholine rings is 1. The van der Waals surface area contributed by atoms with Crippen LogP contribution in [0.25, 0.3) is 0 Å². The molecule has 1 aromatic carbocycles. The van der Waals surface area contributed by atoms with Crippen molar-refractivity contribution in [2.45, 2.75) is 32.9 Å². The minimum absolute atomic E-state index is 0. The molecule has 5 nitrogen and oxygen atoms in total. The number of amides is 1. The van der Waals surface area contributed by atoms with Crippen molar-refractivity contribution >= 4 is 30.7 Å². The Morgan fingerprint density at radius 2 is 1.92 bits per heavy atom. The van der Waals surface area contributed by atoms with Crippen LogP contribution in [0, 0.1) is 11.2 Å². The molecule has 1 amide bonds. The van der Waals surface area contributed by atoms with E-state index in [4.69, 9.17) is 10.5 Å². The quantitative estimate of drug-likeness (QED) is 0.783. The van der Waals surface area contributed by atoms with Crippen LogP contribution in [0.4, 0.5) is 4.39 Å². The van der Waals surface area contributed by atoms with Gasteiger partial charge in [-0.3, -0.25) is 9.69 Å². The maximum atomic E-state index is 13.6.